The maximum Gasteiger partial charge on any atom is 0.246 e. The molecule has 2 rings (SSSR count). The second kappa shape index (κ2) is 6.91. The zero-order valence-electron chi connectivity index (χ0n) is 14.3. The molecule has 128 valence electrons. The highest BCUT2D eigenvalue weighted by atomic mass is 32.2. The Kier molecular flexibility index (Phi) is 5.34. The van der Waals surface area contributed by atoms with Crippen LogP contribution in [0.3, 0.4) is 0 Å². The van der Waals surface area contributed by atoms with Crippen LogP contribution in [-0.4, -0.2) is 44.6 Å². The largest absolute Gasteiger partial charge is 0.341 e. The van der Waals surface area contributed by atoms with E-state index >= 15 is 0 Å². The summed E-state index contributed by atoms with van der Waals surface area (Å²) in [4.78, 5) is 14.6. The number of carbonyl (C=O) groups is 1. The third kappa shape index (κ3) is 4.25. The van der Waals surface area contributed by atoms with E-state index in [0.717, 1.165) is 24.7 Å². The standard InChI is InChI=1S/C17H26N2O3S/c1-13-7-5-9-16(11-13)19(23(4,21)22)15(3)17(20)18-10-6-8-14(2)12-18/h5,7,9,11,14-15H,6,8,10,12H2,1-4H3/t14-,15-/m0/s1. The number of carbonyl (C=O) groups excluding carboxylic acids is 1. The maximum absolute atomic E-state index is 12.8. The van der Waals surface area contributed by atoms with Crippen LogP contribution in [0.5, 0.6) is 0 Å². The Hall–Kier alpha value is -1.56. The van der Waals surface area contributed by atoms with Gasteiger partial charge in [0, 0.05) is 13.1 Å². The lowest BCUT2D eigenvalue weighted by molar-refractivity contribution is -0.133. The van der Waals surface area contributed by atoms with Crippen LogP contribution in [0.25, 0.3) is 0 Å². The van der Waals surface area contributed by atoms with E-state index in [0.29, 0.717) is 24.7 Å². The average molecular weight is 338 g/mol. The Bertz CT molecular complexity index is 672. The number of nitrogens with zero attached hydrogens (tertiary/aromatic N) is 2. The molecule has 1 saturated heterocycles. The fourth-order valence-electron chi connectivity index (χ4n) is 3.22. The Balaban J connectivity index is 2.30. The topological polar surface area (TPSA) is 57.7 Å². The van der Waals surface area contributed by atoms with Crippen molar-refractivity contribution in [2.75, 3.05) is 23.7 Å². The van der Waals surface area contributed by atoms with Gasteiger partial charge in [-0.25, -0.2) is 8.42 Å². The molecule has 1 aliphatic heterocycles. The van der Waals surface area contributed by atoms with Gasteiger partial charge in [0.05, 0.1) is 11.9 Å². The Morgan fingerprint density at radius 2 is 2.09 bits per heavy atom. The fourth-order valence-corrected chi connectivity index (χ4v) is 4.38. The van der Waals surface area contributed by atoms with Gasteiger partial charge in [-0.15, -0.1) is 0 Å². The van der Waals surface area contributed by atoms with Crippen LogP contribution in [0, 0.1) is 12.8 Å². The first-order chi connectivity index (χ1) is 10.7. The van der Waals surface area contributed by atoms with Crippen molar-refractivity contribution in [2.45, 2.75) is 39.7 Å². The Morgan fingerprint density at radius 3 is 2.65 bits per heavy atom. The predicted molar refractivity (Wildman–Crippen MR) is 92.9 cm³/mol. The molecule has 0 N–H and O–H groups in total. The summed E-state index contributed by atoms with van der Waals surface area (Å²) in [6.45, 7) is 7.11. The van der Waals surface area contributed by atoms with Gasteiger partial charge < -0.3 is 4.90 Å². The molecule has 23 heavy (non-hydrogen) atoms. The van der Waals surface area contributed by atoms with Gasteiger partial charge in [-0.1, -0.05) is 19.1 Å². The van der Waals surface area contributed by atoms with E-state index in [4.69, 9.17) is 0 Å². The van der Waals surface area contributed by atoms with E-state index in [1.807, 2.05) is 19.1 Å². The van der Waals surface area contributed by atoms with Crippen LogP contribution in [0.2, 0.25) is 0 Å². The first-order valence-corrected chi connectivity index (χ1v) is 9.90. The molecule has 1 aromatic rings. The Morgan fingerprint density at radius 1 is 1.39 bits per heavy atom. The van der Waals surface area contributed by atoms with Crippen molar-refractivity contribution in [1.82, 2.24) is 4.90 Å². The molecule has 1 aromatic carbocycles. The molecule has 0 saturated carbocycles. The summed E-state index contributed by atoms with van der Waals surface area (Å²) in [7, 11) is -3.55. The minimum absolute atomic E-state index is 0.122. The molecule has 0 spiro atoms. The minimum Gasteiger partial charge on any atom is -0.341 e. The van der Waals surface area contributed by atoms with Crippen molar-refractivity contribution in [2.24, 2.45) is 5.92 Å². The molecule has 5 nitrogen and oxygen atoms in total. The molecule has 0 bridgehead atoms. The number of benzene rings is 1. The molecular weight excluding hydrogens is 312 g/mol. The quantitative estimate of drug-likeness (QED) is 0.847. The van der Waals surface area contributed by atoms with Gasteiger partial charge in [0.1, 0.15) is 6.04 Å². The van der Waals surface area contributed by atoms with E-state index in [-0.39, 0.29) is 5.91 Å². The number of likely N-dealkylation sites (tertiary alicyclic amines) is 1. The molecule has 1 aliphatic rings. The van der Waals surface area contributed by atoms with E-state index in [1.54, 1.807) is 24.0 Å². The van der Waals surface area contributed by atoms with E-state index in [9.17, 15) is 13.2 Å². The van der Waals surface area contributed by atoms with E-state index in [2.05, 4.69) is 6.92 Å². The van der Waals surface area contributed by atoms with E-state index < -0.39 is 16.1 Å². The van der Waals surface area contributed by atoms with Gasteiger partial charge in [-0.05, 0) is 50.3 Å². The Labute approximate surface area is 139 Å². The summed E-state index contributed by atoms with van der Waals surface area (Å²) in [6.07, 6.45) is 3.24. The third-order valence-electron chi connectivity index (χ3n) is 4.29. The summed E-state index contributed by atoms with van der Waals surface area (Å²) < 4.78 is 25.8. The lowest BCUT2D eigenvalue weighted by atomic mass is 10.00. The molecule has 1 fully saturated rings. The number of anilines is 1. The number of hydrogen-bond donors (Lipinski definition) is 0. The molecule has 0 aromatic heterocycles. The number of aryl methyl sites for hydroxylation is 1. The fraction of sp³-hybridized carbons (Fsp3) is 0.588. The molecule has 0 radical (unpaired) electrons. The smallest absolute Gasteiger partial charge is 0.246 e. The van der Waals surface area contributed by atoms with Gasteiger partial charge >= 0.3 is 0 Å². The van der Waals surface area contributed by atoms with Gasteiger partial charge in [-0.2, -0.15) is 0 Å². The summed E-state index contributed by atoms with van der Waals surface area (Å²) in [5.41, 5.74) is 1.50. The van der Waals surface area contributed by atoms with Crippen molar-refractivity contribution in [3.8, 4) is 0 Å². The van der Waals surface area contributed by atoms with Crippen LogP contribution >= 0.6 is 0 Å². The maximum atomic E-state index is 12.8. The van der Waals surface area contributed by atoms with Crippen LogP contribution in [-0.2, 0) is 14.8 Å². The monoisotopic (exact) mass is 338 g/mol. The number of piperidine rings is 1. The minimum atomic E-state index is -3.55. The molecule has 1 amide bonds. The van der Waals surface area contributed by atoms with Gasteiger partial charge in [-0.3, -0.25) is 9.10 Å². The normalized spacial score (nSPS) is 20.2. The van der Waals surface area contributed by atoms with Gasteiger partial charge in [0.15, 0.2) is 0 Å². The summed E-state index contributed by atoms with van der Waals surface area (Å²) in [5.74, 6) is 0.342. The van der Waals surface area contributed by atoms with Crippen molar-refractivity contribution >= 4 is 21.6 Å². The summed E-state index contributed by atoms with van der Waals surface area (Å²) in [6, 6.07) is 6.50. The van der Waals surface area contributed by atoms with Crippen LogP contribution < -0.4 is 4.31 Å². The number of hydrogen-bond acceptors (Lipinski definition) is 3. The van der Waals surface area contributed by atoms with Crippen molar-refractivity contribution in [1.29, 1.82) is 0 Å². The SMILES string of the molecule is Cc1cccc(N([C@@H](C)C(=O)N2CCC[C@H](C)C2)S(C)(=O)=O)c1. The molecule has 1 heterocycles. The lowest BCUT2D eigenvalue weighted by Gasteiger charge is -2.36. The average Bonchev–Trinajstić information content (AvgIpc) is 2.45. The zero-order valence-corrected chi connectivity index (χ0v) is 15.1. The van der Waals surface area contributed by atoms with Crippen LogP contribution in [0.1, 0.15) is 32.3 Å². The van der Waals surface area contributed by atoms with Gasteiger partial charge in [0.2, 0.25) is 15.9 Å². The molecule has 6 heteroatoms. The van der Waals surface area contributed by atoms with Crippen LogP contribution in [0.4, 0.5) is 5.69 Å². The predicted octanol–water partition coefficient (Wildman–Crippen LogP) is 2.41. The van der Waals surface area contributed by atoms with Crippen LogP contribution in [0.15, 0.2) is 24.3 Å². The second-order valence-corrected chi connectivity index (χ2v) is 8.46. The molecule has 2 atom stereocenters. The number of rotatable bonds is 4. The summed E-state index contributed by atoms with van der Waals surface area (Å²) >= 11 is 0. The number of sulfonamides is 1. The highest BCUT2D eigenvalue weighted by molar-refractivity contribution is 7.92. The first-order valence-electron chi connectivity index (χ1n) is 8.05. The highest BCUT2D eigenvalue weighted by Gasteiger charge is 2.33. The first kappa shape index (κ1) is 17.8. The summed E-state index contributed by atoms with van der Waals surface area (Å²) in [5, 5.41) is 0. The highest BCUT2D eigenvalue weighted by Crippen LogP contribution is 2.24. The molecule has 0 unspecified atom stereocenters. The number of amides is 1. The zero-order chi connectivity index (χ0) is 17.2. The van der Waals surface area contributed by atoms with Gasteiger partial charge in [0.25, 0.3) is 0 Å². The van der Waals surface area contributed by atoms with Crippen molar-refractivity contribution in [3.63, 3.8) is 0 Å². The third-order valence-corrected chi connectivity index (χ3v) is 5.53. The van der Waals surface area contributed by atoms with Crippen molar-refractivity contribution < 1.29 is 13.2 Å². The molecular formula is C17H26N2O3S. The second-order valence-electron chi connectivity index (χ2n) is 6.61. The molecule has 0 aliphatic carbocycles. The van der Waals surface area contributed by atoms with Crippen molar-refractivity contribution in [3.05, 3.63) is 29.8 Å². The van der Waals surface area contributed by atoms with E-state index in [1.165, 1.54) is 4.31 Å². The lowest BCUT2D eigenvalue weighted by Crippen LogP contribution is -2.51.